The number of hydrogen-bond acceptors (Lipinski definition) is 5. The SMILES string of the molecule is O=C(Nc1c(Cl)ncnc1Cl)c1cccc([N+](=O)[O-])c1Br. The first-order valence-corrected chi connectivity index (χ1v) is 6.87. The quantitative estimate of drug-likeness (QED) is 0.488. The second kappa shape index (κ2) is 6.33. The summed E-state index contributed by atoms with van der Waals surface area (Å²) in [6.45, 7) is 0. The van der Waals surface area contributed by atoms with Gasteiger partial charge in [-0.3, -0.25) is 14.9 Å². The molecule has 1 aromatic heterocycles. The smallest absolute Gasteiger partial charge is 0.284 e. The molecule has 0 saturated carbocycles. The Morgan fingerprint density at radius 2 is 1.90 bits per heavy atom. The zero-order valence-corrected chi connectivity index (χ0v) is 13.1. The molecule has 2 aromatic rings. The molecule has 1 aromatic carbocycles. The molecule has 0 fully saturated rings. The third kappa shape index (κ3) is 3.29. The number of benzene rings is 1. The molecule has 0 atom stereocenters. The van der Waals surface area contributed by atoms with Gasteiger partial charge >= 0.3 is 0 Å². The standard InChI is InChI=1S/C11H5BrCl2N4O3/c12-7-5(2-1-3-6(7)18(20)21)11(19)17-8-9(13)15-4-16-10(8)14/h1-4H,(H,17,19). The van der Waals surface area contributed by atoms with Crippen LogP contribution < -0.4 is 5.32 Å². The first kappa shape index (κ1) is 15.6. The lowest BCUT2D eigenvalue weighted by atomic mass is 10.2. The van der Waals surface area contributed by atoms with E-state index in [0.717, 1.165) is 6.33 Å². The molecule has 10 heteroatoms. The maximum Gasteiger partial charge on any atom is 0.284 e. The molecule has 0 radical (unpaired) electrons. The number of aromatic nitrogens is 2. The Kier molecular flexibility index (Phi) is 4.71. The molecule has 108 valence electrons. The third-order valence-electron chi connectivity index (χ3n) is 2.41. The van der Waals surface area contributed by atoms with Gasteiger partial charge in [-0.15, -0.1) is 0 Å². The second-order valence-electron chi connectivity index (χ2n) is 3.68. The van der Waals surface area contributed by atoms with Gasteiger partial charge in [-0.05, 0) is 22.0 Å². The van der Waals surface area contributed by atoms with Gasteiger partial charge in [0.1, 0.15) is 16.5 Å². The van der Waals surface area contributed by atoms with Crippen molar-refractivity contribution in [2.75, 3.05) is 5.32 Å². The van der Waals surface area contributed by atoms with E-state index >= 15 is 0 Å². The number of hydrogen-bond donors (Lipinski definition) is 1. The fourth-order valence-corrected chi connectivity index (χ4v) is 2.46. The monoisotopic (exact) mass is 390 g/mol. The van der Waals surface area contributed by atoms with E-state index in [4.69, 9.17) is 23.2 Å². The van der Waals surface area contributed by atoms with Crippen LogP contribution in [0.3, 0.4) is 0 Å². The lowest BCUT2D eigenvalue weighted by Crippen LogP contribution is -2.14. The molecule has 0 spiro atoms. The summed E-state index contributed by atoms with van der Waals surface area (Å²) in [5, 5.41) is 13.2. The zero-order chi connectivity index (χ0) is 15.6. The van der Waals surface area contributed by atoms with E-state index in [2.05, 4.69) is 31.2 Å². The molecule has 0 aliphatic carbocycles. The molecule has 1 heterocycles. The van der Waals surface area contributed by atoms with Crippen LogP contribution in [-0.2, 0) is 0 Å². The topological polar surface area (TPSA) is 98.0 Å². The normalized spacial score (nSPS) is 10.2. The van der Waals surface area contributed by atoms with Gasteiger partial charge in [0.25, 0.3) is 11.6 Å². The van der Waals surface area contributed by atoms with Gasteiger partial charge in [-0.1, -0.05) is 29.3 Å². The molecule has 7 nitrogen and oxygen atoms in total. The Hall–Kier alpha value is -1.77. The summed E-state index contributed by atoms with van der Waals surface area (Å²) in [6.07, 6.45) is 1.14. The number of amides is 1. The second-order valence-corrected chi connectivity index (χ2v) is 5.19. The molecule has 0 aliphatic heterocycles. The Morgan fingerprint density at radius 1 is 1.29 bits per heavy atom. The molecule has 2 rings (SSSR count). The molecular formula is C11H5BrCl2N4O3. The van der Waals surface area contributed by atoms with Crippen LogP contribution in [-0.4, -0.2) is 20.8 Å². The number of nitro benzene ring substituents is 1. The average molecular weight is 392 g/mol. The highest BCUT2D eigenvalue weighted by atomic mass is 79.9. The summed E-state index contributed by atoms with van der Waals surface area (Å²) < 4.78 is 0.0524. The van der Waals surface area contributed by atoms with Gasteiger partial charge in [0, 0.05) is 6.07 Å². The Morgan fingerprint density at radius 3 is 2.48 bits per heavy atom. The lowest BCUT2D eigenvalue weighted by Gasteiger charge is -2.08. The van der Waals surface area contributed by atoms with E-state index in [-0.39, 0.29) is 31.7 Å². The van der Waals surface area contributed by atoms with Crippen molar-refractivity contribution in [3.63, 3.8) is 0 Å². The first-order chi connectivity index (χ1) is 9.91. The average Bonchev–Trinajstić information content (AvgIpc) is 2.42. The highest BCUT2D eigenvalue weighted by Crippen LogP contribution is 2.30. The minimum absolute atomic E-state index is 0.0317. The number of carbonyl (C=O) groups is 1. The van der Waals surface area contributed by atoms with Crippen molar-refractivity contribution < 1.29 is 9.72 Å². The summed E-state index contributed by atoms with van der Waals surface area (Å²) in [5.74, 6) is -0.635. The van der Waals surface area contributed by atoms with E-state index in [1.807, 2.05) is 0 Å². The highest BCUT2D eigenvalue weighted by molar-refractivity contribution is 9.10. The van der Waals surface area contributed by atoms with Gasteiger partial charge < -0.3 is 5.32 Å². The van der Waals surface area contributed by atoms with Gasteiger partial charge in [0.2, 0.25) is 0 Å². The minimum Gasteiger partial charge on any atom is -0.317 e. The van der Waals surface area contributed by atoms with E-state index < -0.39 is 10.8 Å². The van der Waals surface area contributed by atoms with Crippen molar-refractivity contribution in [2.24, 2.45) is 0 Å². The number of halogens is 3. The largest absolute Gasteiger partial charge is 0.317 e. The third-order valence-corrected chi connectivity index (χ3v) is 3.82. The van der Waals surface area contributed by atoms with Crippen LogP contribution in [0.2, 0.25) is 10.3 Å². The van der Waals surface area contributed by atoms with Crippen molar-refractivity contribution in [1.29, 1.82) is 0 Å². The first-order valence-electron chi connectivity index (χ1n) is 5.32. The summed E-state index contributed by atoms with van der Waals surface area (Å²) in [4.78, 5) is 29.8. The molecule has 0 aliphatic rings. The minimum atomic E-state index is -0.635. The van der Waals surface area contributed by atoms with Gasteiger partial charge in [-0.25, -0.2) is 9.97 Å². The van der Waals surface area contributed by atoms with E-state index in [0.29, 0.717) is 0 Å². The number of nitrogens with one attached hydrogen (secondary N) is 1. The van der Waals surface area contributed by atoms with E-state index in [1.54, 1.807) is 0 Å². The maximum absolute atomic E-state index is 12.2. The van der Waals surface area contributed by atoms with Crippen molar-refractivity contribution >= 4 is 56.4 Å². The molecule has 0 bridgehead atoms. The molecule has 0 saturated heterocycles. The Labute approximate surface area is 136 Å². The number of nitro groups is 1. The molecule has 0 unspecified atom stereocenters. The van der Waals surface area contributed by atoms with Gasteiger partial charge in [0.05, 0.1) is 10.5 Å². The Bertz CT molecular complexity index is 721. The number of nitrogens with zero attached hydrogens (tertiary/aromatic N) is 3. The summed E-state index contributed by atoms with van der Waals surface area (Å²) in [5.41, 5.74) is -0.145. The number of carbonyl (C=O) groups excluding carboxylic acids is 1. The summed E-state index contributed by atoms with van der Waals surface area (Å²) in [7, 11) is 0. The van der Waals surface area contributed by atoms with E-state index in [9.17, 15) is 14.9 Å². The number of anilines is 1. The van der Waals surface area contributed by atoms with Crippen molar-refractivity contribution in [2.45, 2.75) is 0 Å². The number of rotatable bonds is 3. The highest BCUT2D eigenvalue weighted by Gasteiger charge is 2.21. The predicted molar refractivity (Wildman–Crippen MR) is 80.8 cm³/mol. The molecule has 1 N–H and O–H groups in total. The van der Waals surface area contributed by atoms with Gasteiger partial charge in [0.15, 0.2) is 10.3 Å². The fraction of sp³-hybridized carbons (Fsp3) is 0. The van der Waals surface area contributed by atoms with Crippen LogP contribution in [0, 0.1) is 10.1 Å². The summed E-state index contributed by atoms with van der Waals surface area (Å²) in [6, 6.07) is 4.08. The van der Waals surface area contributed by atoms with Gasteiger partial charge in [-0.2, -0.15) is 0 Å². The van der Waals surface area contributed by atoms with Crippen molar-refractivity contribution in [3.8, 4) is 0 Å². The van der Waals surface area contributed by atoms with Crippen LogP contribution in [0.25, 0.3) is 0 Å². The van der Waals surface area contributed by atoms with Crippen molar-refractivity contribution in [1.82, 2.24) is 9.97 Å². The molecule has 21 heavy (non-hydrogen) atoms. The summed E-state index contributed by atoms with van der Waals surface area (Å²) >= 11 is 14.7. The maximum atomic E-state index is 12.2. The zero-order valence-electron chi connectivity index (χ0n) is 10.0. The van der Waals surface area contributed by atoms with Crippen LogP contribution >= 0.6 is 39.1 Å². The molecule has 1 amide bonds. The Balaban J connectivity index is 2.38. The van der Waals surface area contributed by atoms with Crippen LogP contribution in [0.15, 0.2) is 29.0 Å². The van der Waals surface area contributed by atoms with Crippen molar-refractivity contribution in [3.05, 3.63) is 55.0 Å². The fourth-order valence-electron chi connectivity index (χ4n) is 1.46. The van der Waals surface area contributed by atoms with Crippen LogP contribution in [0.5, 0.6) is 0 Å². The predicted octanol–water partition coefficient (Wildman–Crippen LogP) is 3.71. The van der Waals surface area contributed by atoms with Crippen LogP contribution in [0.1, 0.15) is 10.4 Å². The van der Waals surface area contributed by atoms with Crippen LogP contribution in [0.4, 0.5) is 11.4 Å². The van der Waals surface area contributed by atoms with E-state index in [1.165, 1.54) is 18.2 Å². The lowest BCUT2D eigenvalue weighted by molar-refractivity contribution is -0.385. The molecular weight excluding hydrogens is 387 g/mol.